The Balaban J connectivity index is 1.71. The van der Waals surface area contributed by atoms with E-state index in [-0.39, 0.29) is 16.3 Å². The zero-order valence-electron chi connectivity index (χ0n) is 18.3. The third-order valence-electron chi connectivity index (χ3n) is 5.85. The van der Waals surface area contributed by atoms with Crippen molar-refractivity contribution in [3.8, 4) is 0 Å². The molecule has 1 aromatic heterocycles. The number of rotatable bonds is 4. The monoisotopic (exact) mass is 451 g/mol. The molecule has 2 aliphatic rings. The Hall–Kier alpha value is -3.26. The Bertz CT molecular complexity index is 1270. The van der Waals surface area contributed by atoms with Crippen LogP contribution in [0.3, 0.4) is 0 Å². The number of aromatic nitrogens is 1. The molecule has 2 N–H and O–H groups in total. The molecule has 0 bridgehead atoms. The van der Waals surface area contributed by atoms with Gasteiger partial charge in [0.2, 0.25) is 0 Å². The SMILES string of the molecule is Cc1ccc(C(C)(C)NC(=O)C2=CC3Nc4ccccc4C(=O)C3C=C2S(C)(=O)=O)cn1. The Kier molecular flexibility index (Phi) is 5.29. The number of sulfone groups is 1. The summed E-state index contributed by atoms with van der Waals surface area (Å²) in [5.74, 6) is -1.41. The molecule has 0 saturated heterocycles. The summed E-state index contributed by atoms with van der Waals surface area (Å²) in [5.41, 5.74) is 2.05. The largest absolute Gasteiger partial charge is 0.377 e. The molecule has 1 aromatic carbocycles. The minimum atomic E-state index is -3.76. The number of Topliss-reactive ketones (excluding diaryl/α,β-unsaturated/α-hetero) is 1. The minimum absolute atomic E-state index is 0.0292. The number of aryl methyl sites for hydroxylation is 1. The molecule has 1 aliphatic carbocycles. The van der Waals surface area contributed by atoms with Gasteiger partial charge in [-0.3, -0.25) is 14.6 Å². The van der Waals surface area contributed by atoms with Gasteiger partial charge in [0.15, 0.2) is 15.6 Å². The lowest BCUT2D eigenvalue weighted by Crippen LogP contribution is -2.45. The van der Waals surface area contributed by atoms with Crippen LogP contribution in [0.2, 0.25) is 0 Å². The molecule has 8 heteroatoms. The van der Waals surface area contributed by atoms with Crippen LogP contribution < -0.4 is 10.6 Å². The smallest absolute Gasteiger partial charge is 0.253 e. The van der Waals surface area contributed by atoms with Crippen LogP contribution >= 0.6 is 0 Å². The van der Waals surface area contributed by atoms with Crippen molar-refractivity contribution in [3.63, 3.8) is 0 Å². The number of pyridine rings is 1. The number of amides is 1. The first-order valence-corrected chi connectivity index (χ1v) is 12.2. The number of carbonyl (C=O) groups excluding carboxylic acids is 2. The van der Waals surface area contributed by atoms with Gasteiger partial charge in [-0.2, -0.15) is 0 Å². The van der Waals surface area contributed by atoms with Crippen molar-refractivity contribution < 1.29 is 18.0 Å². The van der Waals surface area contributed by atoms with Crippen LogP contribution in [-0.2, 0) is 20.2 Å². The molecule has 4 rings (SSSR count). The highest BCUT2D eigenvalue weighted by atomic mass is 32.2. The molecule has 7 nitrogen and oxygen atoms in total. The van der Waals surface area contributed by atoms with Crippen molar-refractivity contribution in [1.29, 1.82) is 0 Å². The van der Waals surface area contributed by atoms with Crippen molar-refractivity contribution in [2.24, 2.45) is 5.92 Å². The summed E-state index contributed by atoms with van der Waals surface area (Å²) < 4.78 is 25.1. The maximum absolute atomic E-state index is 13.3. The lowest BCUT2D eigenvalue weighted by molar-refractivity contribution is -0.118. The van der Waals surface area contributed by atoms with Crippen molar-refractivity contribution >= 4 is 27.2 Å². The minimum Gasteiger partial charge on any atom is -0.377 e. The van der Waals surface area contributed by atoms with E-state index in [1.807, 2.05) is 39.0 Å². The van der Waals surface area contributed by atoms with Crippen LogP contribution in [0.25, 0.3) is 0 Å². The number of ketones is 1. The second-order valence-corrected chi connectivity index (χ2v) is 10.7. The van der Waals surface area contributed by atoms with E-state index in [0.29, 0.717) is 11.3 Å². The molecular formula is C24H25N3O4S. The second kappa shape index (κ2) is 7.70. The summed E-state index contributed by atoms with van der Waals surface area (Å²) in [4.78, 5) is 30.5. The van der Waals surface area contributed by atoms with E-state index in [4.69, 9.17) is 0 Å². The van der Waals surface area contributed by atoms with Gasteiger partial charge in [0.1, 0.15) is 0 Å². The van der Waals surface area contributed by atoms with Gasteiger partial charge >= 0.3 is 0 Å². The number of benzene rings is 1. The Morgan fingerprint density at radius 1 is 1.12 bits per heavy atom. The van der Waals surface area contributed by atoms with E-state index in [0.717, 1.165) is 17.5 Å². The third kappa shape index (κ3) is 3.98. The van der Waals surface area contributed by atoms with Crippen molar-refractivity contribution in [3.05, 3.63) is 82.0 Å². The predicted octanol–water partition coefficient (Wildman–Crippen LogP) is 2.90. The average molecular weight is 452 g/mol. The first-order valence-electron chi connectivity index (χ1n) is 10.3. The van der Waals surface area contributed by atoms with E-state index in [1.165, 1.54) is 6.08 Å². The van der Waals surface area contributed by atoms with E-state index in [9.17, 15) is 18.0 Å². The lowest BCUT2D eigenvalue weighted by Gasteiger charge is -2.34. The van der Waals surface area contributed by atoms with Gasteiger partial charge in [0.05, 0.1) is 28.0 Å². The average Bonchev–Trinajstić information content (AvgIpc) is 2.72. The highest BCUT2D eigenvalue weighted by molar-refractivity contribution is 7.94. The Morgan fingerprint density at radius 3 is 2.50 bits per heavy atom. The number of nitrogens with zero attached hydrogens (tertiary/aromatic N) is 1. The van der Waals surface area contributed by atoms with Gasteiger partial charge in [0, 0.05) is 29.4 Å². The zero-order valence-corrected chi connectivity index (χ0v) is 19.2. The molecule has 0 spiro atoms. The fraction of sp³-hybridized carbons (Fsp3) is 0.292. The van der Waals surface area contributed by atoms with Crippen LogP contribution in [0.5, 0.6) is 0 Å². The second-order valence-electron chi connectivity index (χ2n) is 8.76. The van der Waals surface area contributed by atoms with Gasteiger partial charge in [-0.05, 0) is 50.6 Å². The topological polar surface area (TPSA) is 105 Å². The lowest BCUT2D eigenvalue weighted by atomic mass is 9.81. The van der Waals surface area contributed by atoms with Crippen LogP contribution in [0.1, 0.15) is 35.5 Å². The quantitative estimate of drug-likeness (QED) is 0.741. The fourth-order valence-corrected chi connectivity index (χ4v) is 5.00. The summed E-state index contributed by atoms with van der Waals surface area (Å²) in [6.07, 6.45) is 5.69. The molecule has 2 aromatic rings. The van der Waals surface area contributed by atoms with E-state index in [1.54, 1.807) is 30.5 Å². The van der Waals surface area contributed by atoms with Crippen molar-refractivity contribution in [2.45, 2.75) is 32.4 Å². The van der Waals surface area contributed by atoms with Gasteiger partial charge in [-0.1, -0.05) is 24.3 Å². The Morgan fingerprint density at radius 2 is 1.84 bits per heavy atom. The number of carbonyl (C=O) groups is 2. The molecule has 1 amide bonds. The number of hydrogen-bond donors (Lipinski definition) is 2. The summed E-state index contributed by atoms with van der Waals surface area (Å²) in [5, 5.41) is 6.18. The van der Waals surface area contributed by atoms with Gasteiger partial charge in [-0.15, -0.1) is 0 Å². The molecule has 32 heavy (non-hydrogen) atoms. The van der Waals surface area contributed by atoms with Crippen molar-refractivity contribution in [1.82, 2.24) is 10.3 Å². The fourth-order valence-electron chi connectivity index (χ4n) is 4.05. The van der Waals surface area contributed by atoms with Gasteiger partial charge in [0.25, 0.3) is 5.91 Å². The molecule has 2 heterocycles. The highest BCUT2D eigenvalue weighted by Gasteiger charge is 2.40. The number of para-hydroxylation sites is 1. The van der Waals surface area contributed by atoms with Crippen LogP contribution in [-0.4, -0.2) is 37.4 Å². The number of anilines is 1. The molecule has 2 atom stereocenters. The Labute approximate surface area is 187 Å². The molecule has 0 radical (unpaired) electrons. The standard InChI is InChI=1S/C24H25N3O4S/c1-14-9-10-15(13-25-14)24(2,3)27-23(29)18-11-20-17(12-21(18)32(4,30)31)22(28)16-7-5-6-8-19(16)26-20/h5-13,17,20,26H,1-4H3,(H,27,29). The molecular weight excluding hydrogens is 426 g/mol. The molecule has 2 unspecified atom stereocenters. The van der Waals surface area contributed by atoms with Crippen LogP contribution in [0.15, 0.2) is 65.2 Å². The first-order chi connectivity index (χ1) is 15.0. The maximum atomic E-state index is 13.3. The summed E-state index contributed by atoms with van der Waals surface area (Å²) in [7, 11) is -3.76. The van der Waals surface area contributed by atoms with Crippen molar-refractivity contribution in [2.75, 3.05) is 11.6 Å². The van der Waals surface area contributed by atoms with E-state index < -0.39 is 33.2 Å². The van der Waals surface area contributed by atoms with E-state index in [2.05, 4.69) is 15.6 Å². The molecule has 1 aliphatic heterocycles. The molecule has 166 valence electrons. The van der Waals surface area contributed by atoms with Crippen LogP contribution in [0.4, 0.5) is 5.69 Å². The van der Waals surface area contributed by atoms with Crippen LogP contribution in [0, 0.1) is 12.8 Å². The summed E-state index contributed by atoms with van der Waals surface area (Å²) >= 11 is 0. The number of fused-ring (bicyclic) bond motifs is 2. The zero-order chi connectivity index (χ0) is 23.3. The molecule has 0 saturated carbocycles. The normalized spacial score (nSPS) is 20.3. The number of hydrogen-bond acceptors (Lipinski definition) is 6. The number of nitrogens with one attached hydrogen (secondary N) is 2. The first kappa shape index (κ1) is 22.0. The summed E-state index contributed by atoms with van der Waals surface area (Å²) in [6.45, 7) is 5.52. The van der Waals surface area contributed by atoms with Gasteiger partial charge < -0.3 is 10.6 Å². The maximum Gasteiger partial charge on any atom is 0.253 e. The van der Waals surface area contributed by atoms with Gasteiger partial charge in [-0.25, -0.2) is 8.42 Å². The summed E-state index contributed by atoms with van der Waals surface area (Å²) in [6, 6.07) is 10.3. The third-order valence-corrected chi connectivity index (χ3v) is 7.01. The van der Waals surface area contributed by atoms with E-state index >= 15 is 0 Å². The highest BCUT2D eigenvalue weighted by Crippen LogP contribution is 2.36. The molecule has 0 fully saturated rings. The predicted molar refractivity (Wildman–Crippen MR) is 123 cm³/mol.